The van der Waals surface area contributed by atoms with Crippen molar-refractivity contribution in [3.63, 3.8) is 0 Å². The Kier molecular flexibility index (Phi) is 10.8. The van der Waals surface area contributed by atoms with Crippen LogP contribution in [0.4, 0.5) is 0 Å². The third kappa shape index (κ3) is 7.77. The summed E-state index contributed by atoms with van der Waals surface area (Å²) in [6.07, 6.45) is 8.85. The monoisotopic (exact) mass is 854 g/mol. The quantitative estimate of drug-likeness (QED) is 0.135. The number of rotatable bonds is 9. The molecule has 0 aliphatic heterocycles. The molecule has 6 aromatic rings. The Bertz CT molecular complexity index is 2240. The second-order valence-corrected chi connectivity index (χ2v) is 19.0. The van der Waals surface area contributed by atoms with Crippen LogP contribution in [0.25, 0.3) is 33.0 Å². The number of fused-ring (bicyclic) bond motifs is 1. The molecule has 282 valence electrons. The first-order valence-electron chi connectivity index (χ1n) is 19.9. The first kappa shape index (κ1) is 38.3. The molecule has 55 heavy (non-hydrogen) atoms. The third-order valence-electron chi connectivity index (χ3n) is 13.7. The van der Waals surface area contributed by atoms with Crippen molar-refractivity contribution in [2.45, 2.75) is 94.0 Å². The minimum atomic E-state index is -0.350. The molecule has 0 N–H and O–H groups in total. The van der Waals surface area contributed by atoms with Crippen LogP contribution in [-0.2, 0) is 31.3 Å². The smallest absolute Gasteiger partial charge is 0.147 e. The van der Waals surface area contributed by atoms with E-state index < -0.39 is 0 Å². The molecule has 0 aromatic heterocycles. The summed E-state index contributed by atoms with van der Waals surface area (Å²) in [5.41, 5.74) is 10.8. The van der Waals surface area contributed by atoms with Gasteiger partial charge in [-0.05, 0) is 159 Å². The summed E-state index contributed by atoms with van der Waals surface area (Å²) in [4.78, 5) is 0. The van der Waals surface area contributed by atoms with Gasteiger partial charge in [-0.2, -0.15) is 0 Å². The summed E-state index contributed by atoms with van der Waals surface area (Å²) in [7, 11) is 1.71. The van der Waals surface area contributed by atoms with E-state index in [0.29, 0.717) is 6.79 Å². The van der Waals surface area contributed by atoms with Crippen LogP contribution in [0, 0.1) is 0 Å². The molecular formula is C51H52Br2O2. The predicted octanol–water partition coefficient (Wildman–Crippen LogP) is 14.8. The Hall–Kier alpha value is -3.54. The minimum absolute atomic E-state index is 0.132. The highest BCUT2D eigenvalue weighted by molar-refractivity contribution is 9.10. The fourth-order valence-corrected chi connectivity index (χ4v) is 9.98. The maximum atomic E-state index is 6.54. The van der Waals surface area contributed by atoms with Crippen LogP contribution in [-0.4, -0.2) is 13.9 Å². The Morgan fingerprint density at radius 1 is 0.418 bits per heavy atom. The van der Waals surface area contributed by atoms with Crippen molar-refractivity contribution in [2.75, 3.05) is 13.9 Å². The van der Waals surface area contributed by atoms with E-state index in [9.17, 15) is 0 Å². The van der Waals surface area contributed by atoms with Crippen LogP contribution in [0.2, 0.25) is 0 Å². The Morgan fingerprint density at radius 2 is 0.745 bits per heavy atom. The summed E-state index contributed by atoms with van der Waals surface area (Å²) in [6, 6.07) is 50.1. The largest absolute Gasteiger partial charge is 0.359 e. The number of benzene rings is 6. The standard InChI is InChI=1S/C51H52Br2O2/c1-48(25-27-49(2,28-26-48)43-17-21-46(52)22-18-43)42-13-9-36(10-14-42)38-5-7-41-34-39(6-8-40(41)33-38)37-11-15-45(16-12-37)51(55-35-54-4)31-29-50(3,30-32-51)44-19-23-47(53)24-20-44/h5-24,33-34H,25-32,35H2,1-4H3. The molecular weight excluding hydrogens is 804 g/mol. The van der Waals surface area contributed by atoms with Gasteiger partial charge in [0.25, 0.3) is 0 Å². The normalized spacial score (nSPS) is 25.6. The fourth-order valence-electron chi connectivity index (χ4n) is 9.45. The van der Waals surface area contributed by atoms with Crippen molar-refractivity contribution in [3.8, 4) is 22.3 Å². The fraction of sp³-hybridized carbons (Fsp3) is 0.333. The Balaban J connectivity index is 0.953. The number of hydrogen-bond acceptors (Lipinski definition) is 2. The van der Waals surface area contributed by atoms with Gasteiger partial charge in [0.05, 0.1) is 5.60 Å². The van der Waals surface area contributed by atoms with Crippen molar-refractivity contribution >= 4 is 42.6 Å². The van der Waals surface area contributed by atoms with Crippen LogP contribution in [0.5, 0.6) is 0 Å². The molecule has 2 aliphatic rings. The van der Waals surface area contributed by atoms with E-state index in [2.05, 4.69) is 186 Å². The van der Waals surface area contributed by atoms with Gasteiger partial charge in [-0.15, -0.1) is 0 Å². The number of hydrogen-bond donors (Lipinski definition) is 0. The second-order valence-electron chi connectivity index (χ2n) is 17.2. The van der Waals surface area contributed by atoms with Crippen LogP contribution >= 0.6 is 31.9 Å². The van der Waals surface area contributed by atoms with Gasteiger partial charge in [0, 0.05) is 16.1 Å². The first-order valence-corrected chi connectivity index (χ1v) is 21.5. The summed E-state index contributed by atoms with van der Waals surface area (Å²) >= 11 is 7.20. The zero-order chi connectivity index (χ0) is 38.3. The van der Waals surface area contributed by atoms with E-state index in [-0.39, 0.29) is 21.8 Å². The lowest BCUT2D eigenvalue weighted by Gasteiger charge is -2.45. The highest BCUT2D eigenvalue weighted by atomic mass is 79.9. The SMILES string of the molecule is COCOC1(c2ccc(-c3ccc4cc(-c5ccc(C6(C)CCC(C)(c7ccc(Br)cc7)CC6)cc5)ccc4c3)cc2)CCC(C)(c2ccc(Br)cc2)CC1. The number of halogens is 2. The number of ether oxygens (including phenoxy) is 2. The van der Waals surface area contributed by atoms with Crippen molar-refractivity contribution in [1.82, 2.24) is 0 Å². The van der Waals surface area contributed by atoms with Gasteiger partial charge in [-0.3, -0.25) is 0 Å². The van der Waals surface area contributed by atoms with Gasteiger partial charge in [-0.25, -0.2) is 0 Å². The highest BCUT2D eigenvalue weighted by Crippen LogP contribution is 2.50. The lowest BCUT2D eigenvalue weighted by Crippen LogP contribution is -2.40. The van der Waals surface area contributed by atoms with Crippen LogP contribution < -0.4 is 0 Å². The molecule has 2 fully saturated rings. The number of methoxy groups -OCH3 is 1. The second kappa shape index (κ2) is 15.4. The van der Waals surface area contributed by atoms with Crippen molar-refractivity contribution in [3.05, 3.63) is 165 Å². The van der Waals surface area contributed by atoms with Gasteiger partial charge in [0.2, 0.25) is 0 Å². The van der Waals surface area contributed by atoms with Crippen molar-refractivity contribution in [1.29, 1.82) is 0 Å². The molecule has 0 unspecified atom stereocenters. The zero-order valence-corrected chi connectivity index (χ0v) is 35.8. The van der Waals surface area contributed by atoms with E-state index in [1.165, 1.54) is 81.0 Å². The average Bonchev–Trinajstić information content (AvgIpc) is 3.22. The van der Waals surface area contributed by atoms with Crippen molar-refractivity contribution < 1.29 is 9.47 Å². The molecule has 0 saturated heterocycles. The van der Waals surface area contributed by atoms with E-state index in [1.807, 2.05) is 0 Å². The molecule has 0 atom stereocenters. The van der Waals surface area contributed by atoms with Crippen LogP contribution in [0.15, 0.2) is 142 Å². The molecule has 8 rings (SSSR count). The molecule has 0 heterocycles. The van der Waals surface area contributed by atoms with Gasteiger partial charge >= 0.3 is 0 Å². The third-order valence-corrected chi connectivity index (χ3v) is 14.7. The average molecular weight is 857 g/mol. The summed E-state index contributed by atoms with van der Waals surface area (Å²) in [5.74, 6) is 0. The molecule has 0 amide bonds. The van der Waals surface area contributed by atoms with Crippen LogP contribution in [0.3, 0.4) is 0 Å². The van der Waals surface area contributed by atoms with E-state index in [4.69, 9.17) is 9.47 Å². The highest BCUT2D eigenvalue weighted by Gasteiger charge is 2.43. The molecule has 2 nitrogen and oxygen atoms in total. The Morgan fingerprint density at radius 3 is 1.13 bits per heavy atom. The van der Waals surface area contributed by atoms with Gasteiger partial charge in [-0.1, -0.05) is 150 Å². The lowest BCUT2D eigenvalue weighted by atomic mass is 9.60. The molecule has 4 heteroatoms. The topological polar surface area (TPSA) is 18.5 Å². The lowest BCUT2D eigenvalue weighted by molar-refractivity contribution is -0.156. The molecule has 2 saturated carbocycles. The van der Waals surface area contributed by atoms with E-state index >= 15 is 0 Å². The first-order chi connectivity index (χ1) is 26.5. The molecule has 0 bridgehead atoms. The molecule has 2 aliphatic carbocycles. The Labute approximate surface area is 344 Å². The molecule has 0 radical (unpaired) electrons. The molecule has 6 aromatic carbocycles. The maximum Gasteiger partial charge on any atom is 0.147 e. The van der Waals surface area contributed by atoms with E-state index in [1.54, 1.807) is 7.11 Å². The van der Waals surface area contributed by atoms with Crippen LogP contribution in [0.1, 0.15) is 94.4 Å². The summed E-state index contributed by atoms with van der Waals surface area (Å²) in [6.45, 7) is 7.61. The molecule has 0 spiro atoms. The van der Waals surface area contributed by atoms with Gasteiger partial charge in [0.1, 0.15) is 6.79 Å². The van der Waals surface area contributed by atoms with Crippen molar-refractivity contribution in [2.24, 2.45) is 0 Å². The predicted molar refractivity (Wildman–Crippen MR) is 237 cm³/mol. The maximum absolute atomic E-state index is 6.54. The van der Waals surface area contributed by atoms with E-state index in [0.717, 1.165) is 34.6 Å². The minimum Gasteiger partial charge on any atom is -0.359 e. The van der Waals surface area contributed by atoms with Gasteiger partial charge in [0.15, 0.2) is 0 Å². The zero-order valence-electron chi connectivity index (χ0n) is 32.6. The summed E-state index contributed by atoms with van der Waals surface area (Å²) < 4.78 is 14.3. The van der Waals surface area contributed by atoms with Gasteiger partial charge < -0.3 is 9.47 Å². The summed E-state index contributed by atoms with van der Waals surface area (Å²) in [5, 5.41) is 2.52.